The molecule has 4 nitrogen and oxygen atoms in total. The number of para-hydroxylation sites is 1. The number of anilines is 2. The molecule has 2 aromatic carbocycles. The first-order chi connectivity index (χ1) is 13.1. The van der Waals surface area contributed by atoms with E-state index in [-0.39, 0.29) is 5.69 Å². The van der Waals surface area contributed by atoms with Crippen LogP contribution in [0.2, 0.25) is 0 Å². The van der Waals surface area contributed by atoms with E-state index >= 15 is 0 Å². The molecule has 0 saturated heterocycles. The second-order valence-electron chi connectivity index (χ2n) is 6.39. The quantitative estimate of drug-likeness (QED) is 0.758. The highest BCUT2D eigenvalue weighted by molar-refractivity contribution is 6.03. The molecule has 3 aromatic rings. The number of hydrogen-bond donors (Lipinski definition) is 1. The van der Waals surface area contributed by atoms with Gasteiger partial charge in [0, 0.05) is 25.0 Å². The molecule has 1 aliphatic rings. The Morgan fingerprint density at radius 1 is 1.00 bits per heavy atom. The van der Waals surface area contributed by atoms with Crippen molar-refractivity contribution in [1.82, 2.24) is 4.98 Å². The fraction of sp³-hybridized carbons (Fsp3) is 0.143. The molecule has 0 atom stereocenters. The number of nitrogens with one attached hydrogen (secondary N) is 1. The first-order valence-electron chi connectivity index (χ1n) is 8.65. The molecule has 0 fully saturated rings. The van der Waals surface area contributed by atoms with Crippen molar-refractivity contribution in [2.24, 2.45) is 0 Å². The Balaban J connectivity index is 1.55. The standard InChI is InChI=1S/C21H17F2N3O/c22-17-6-3-7-18(23)20(17)25-21(27)19-12-16(8-10-24-19)26-11-9-14-4-1-2-5-15(14)13-26/h1-8,10,12H,9,11,13H2,(H,25,27). The number of aromatic nitrogens is 1. The van der Waals surface area contributed by atoms with Gasteiger partial charge in [0.15, 0.2) is 0 Å². The zero-order valence-corrected chi connectivity index (χ0v) is 14.5. The lowest BCUT2D eigenvalue weighted by atomic mass is 9.99. The highest BCUT2D eigenvalue weighted by Crippen LogP contribution is 2.25. The Bertz CT molecular complexity index is 986. The predicted molar refractivity (Wildman–Crippen MR) is 99.7 cm³/mol. The van der Waals surface area contributed by atoms with Gasteiger partial charge in [0.1, 0.15) is 23.0 Å². The van der Waals surface area contributed by atoms with E-state index in [1.807, 2.05) is 18.2 Å². The minimum atomic E-state index is -0.827. The predicted octanol–water partition coefficient (Wildman–Crippen LogP) is 4.17. The van der Waals surface area contributed by atoms with Crippen LogP contribution in [0, 0.1) is 11.6 Å². The van der Waals surface area contributed by atoms with Gasteiger partial charge in [-0.25, -0.2) is 8.78 Å². The molecule has 2 heterocycles. The molecule has 0 radical (unpaired) electrons. The van der Waals surface area contributed by atoms with Crippen LogP contribution >= 0.6 is 0 Å². The summed E-state index contributed by atoms with van der Waals surface area (Å²) in [6.45, 7) is 1.56. The Hall–Kier alpha value is -3.28. The summed E-state index contributed by atoms with van der Waals surface area (Å²) in [6, 6.07) is 15.2. The van der Waals surface area contributed by atoms with E-state index in [9.17, 15) is 13.6 Å². The molecule has 27 heavy (non-hydrogen) atoms. The maximum absolute atomic E-state index is 13.8. The lowest BCUT2D eigenvalue weighted by Crippen LogP contribution is -2.30. The van der Waals surface area contributed by atoms with Crippen LogP contribution in [-0.4, -0.2) is 17.4 Å². The Kier molecular flexibility index (Phi) is 4.54. The van der Waals surface area contributed by atoms with Crippen molar-refractivity contribution in [2.45, 2.75) is 13.0 Å². The highest BCUT2D eigenvalue weighted by atomic mass is 19.1. The monoisotopic (exact) mass is 365 g/mol. The summed E-state index contributed by atoms with van der Waals surface area (Å²) in [5.74, 6) is -2.31. The van der Waals surface area contributed by atoms with E-state index in [1.165, 1.54) is 23.4 Å². The van der Waals surface area contributed by atoms with Gasteiger partial charge in [-0.1, -0.05) is 30.3 Å². The molecule has 0 aliphatic carbocycles. The average molecular weight is 365 g/mol. The number of rotatable bonds is 3. The maximum Gasteiger partial charge on any atom is 0.274 e. The lowest BCUT2D eigenvalue weighted by molar-refractivity contribution is 0.102. The summed E-state index contributed by atoms with van der Waals surface area (Å²) in [5.41, 5.74) is 3.06. The van der Waals surface area contributed by atoms with E-state index in [2.05, 4.69) is 27.3 Å². The first kappa shape index (κ1) is 17.1. The van der Waals surface area contributed by atoms with Gasteiger partial charge in [-0.05, 0) is 41.8 Å². The first-order valence-corrected chi connectivity index (χ1v) is 8.65. The van der Waals surface area contributed by atoms with E-state index in [0.717, 1.165) is 37.3 Å². The summed E-state index contributed by atoms with van der Waals surface area (Å²) in [6.07, 6.45) is 2.45. The molecule has 1 N–H and O–H groups in total. The van der Waals surface area contributed by atoms with Crippen molar-refractivity contribution in [3.05, 3.63) is 89.2 Å². The SMILES string of the molecule is O=C(Nc1c(F)cccc1F)c1cc(N2CCc3ccccc3C2)ccn1. The van der Waals surface area contributed by atoms with Crippen LogP contribution in [0.25, 0.3) is 0 Å². The number of pyridine rings is 1. The number of carbonyl (C=O) groups excluding carboxylic acids is 1. The highest BCUT2D eigenvalue weighted by Gasteiger charge is 2.19. The van der Waals surface area contributed by atoms with Gasteiger partial charge in [-0.15, -0.1) is 0 Å². The normalized spacial score (nSPS) is 13.2. The number of amides is 1. The summed E-state index contributed by atoms with van der Waals surface area (Å²) in [5, 5.41) is 2.27. The molecule has 0 saturated carbocycles. The van der Waals surface area contributed by atoms with E-state index in [1.54, 1.807) is 6.07 Å². The third-order valence-corrected chi connectivity index (χ3v) is 4.67. The lowest BCUT2D eigenvalue weighted by Gasteiger charge is -2.30. The molecule has 1 amide bonds. The Morgan fingerprint density at radius 2 is 1.74 bits per heavy atom. The van der Waals surface area contributed by atoms with Crippen LogP contribution in [0.4, 0.5) is 20.2 Å². The third kappa shape index (κ3) is 3.51. The van der Waals surface area contributed by atoms with Gasteiger partial charge in [-0.3, -0.25) is 9.78 Å². The second kappa shape index (κ2) is 7.15. The Morgan fingerprint density at radius 3 is 2.52 bits per heavy atom. The molecule has 136 valence electrons. The van der Waals surface area contributed by atoms with Crippen LogP contribution in [0.15, 0.2) is 60.8 Å². The minimum Gasteiger partial charge on any atom is -0.367 e. The van der Waals surface area contributed by atoms with Gasteiger partial charge in [0.2, 0.25) is 0 Å². The molecule has 0 spiro atoms. The number of halogens is 2. The summed E-state index contributed by atoms with van der Waals surface area (Å²) < 4.78 is 27.5. The van der Waals surface area contributed by atoms with Crippen molar-refractivity contribution < 1.29 is 13.6 Å². The summed E-state index contributed by atoms with van der Waals surface area (Å²) in [4.78, 5) is 18.6. The van der Waals surface area contributed by atoms with Crippen molar-refractivity contribution in [3.63, 3.8) is 0 Å². The largest absolute Gasteiger partial charge is 0.367 e. The van der Waals surface area contributed by atoms with Crippen molar-refractivity contribution >= 4 is 17.3 Å². The van der Waals surface area contributed by atoms with Crippen LogP contribution in [0.5, 0.6) is 0 Å². The molecule has 4 rings (SSSR count). The van der Waals surface area contributed by atoms with Crippen LogP contribution in [0.1, 0.15) is 21.6 Å². The average Bonchev–Trinajstić information content (AvgIpc) is 2.70. The van der Waals surface area contributed by atoms with Gasteiger partial charge in [-0.2, -0.15) is 0 Å². The zero-order valence-electron chi connectivity index (χ0n) is 14.5. The molecule has 0 bridgehead atoms. The fourth-order valence-electron chi connectivity index (χ4n) is 3.25. The molecular weight excluding hydrogens is 348 g/mol. The molecule has 1 aromatic heterocycles. The second-order valence-corrected chi connectivity index (χ2v) is 6.39. The van der Waals surface area contributed by atoms with Gasteiger partial charge in [0.25, 0.3) is 5.91 Å². The molecular formula is C21H17F2N3O. The van der Waals surface area contributed by atoms with E-state index in [4.69, 9.17) is 0 Å². The van der Waals surface area contributed by atoms with Gasteiger partial charge in [0.05, 0.1) is 0 Å². The molecule has 1 aliphatic heterocycles. The number of nitrogens with zero attached hydrogens (tertiary/aromatic N) is 2. The van der Waals surface area contributed by atoms with E-state index < -0.39 is 23.2 Å². The Labute approximate surface area is 155 Å². The third-order valence-electron chi connectivity index (χ3n) is 4.67. The van der Waals surface area contributed by atoms with E-state index in [0.29, 0.717) is 0 Å². The van der Waals surface area contributed by atoms with Crippen LogP contribution < -0.4 is 10.2 Å². The van der Waals surface area contributed by atoms with Crippen molar-refractivity contribution in [3.8, 4) is 0 Å². The zero-order chi connectivity index (χ0) is 18.8. The van der Waals surface area contributed by atoms with Crippen molar-refractivity contribution in [1.29, 1.82) is 0 Å². The maximum atomic E-state index is 13.8. The van der Waals surface area contributed by atoms with Crippen LogP contribution in [-0.2, 0) is 13.0 Å². The van der Waals surface area contributed by atoms with Gasteiger partial charge < -0.3 is 10.2 Å². The minimum absolute atomic E-state index is 0.106. The van der Waals surface area contributed by atoms with Gasteiger partial charge >= 0.3 is 0 Å². The summed E-state index contributed by atoms with van der Waals surface area (Å²) in [7, 11) is 0. The topological polar surface area (TPSA) is 45.2 Å². The van der Waals surface area contributed by atoms with Crippen LogP contribution in [0.3, 0.4) is 0 Å². The molecule has 0 unspecified atom stereocenters. The fourth-order valence-corrected chi connectivity index (χ4v) is 3.25. The van der Waals surface area contributed by atoms with Crippen molar-refractivity contribution in [2.75, 3.05) is 16.8 Å². The number of carbonyl (C=O) groups is 1. The number of benzene rings is 2. The number of hydrogen-bond acceptors (Lipinski definition) is 3. The smallest absolute Gasteiger partial charge is 0.274 e. The summed E-state index contributed by atoms with van der Waals surface area (Å²) >= 11 is 0. The number of fused-ring (bicyclic) bond motifs is 1. The molecule has 6 heteroatoms.